The monoisotopic (exact) mass is 251 g/mol. The van der Waals surface area contributed by atoms with Crippen molar-refractivity contribution in [1.82, 2.24) is 0 Å². The Morgan fingerprint density at radius 3 is 2.50 bits per heavy atom. The van der Waals surface area contributed by atoms with Crippen molar-refractivity contribution in [2.24, 2.45) is 0 Å². The first-order valence-electron chi connectivity index (χ1n) is 4.34. The average Bonchev–Trinajstić information content (AvgIpc) is 2.16. The largest absolute Gasteiger partial charge is 0.416 e. The molecule has 0 radical (unpaired) electrons. The molecule has 0 aliphatic heterocycles. The molecule has 0 amide bonds. The van der Waals surface area contributed by atoms with Crippen LogP contribution < -0.4 is 0 Å². The second kappa shape index (κ2) is 4.73. The van der Waals surface area contributed by atoms with Gasteiger partial charge in [-0.15, -0.1) is 11.8 Å². The van der Waals surface area contributed by atoms with Crippen LogP contribution in [0.5, 0.6) is 0 Å². The van der Waals surface area contributed by atoms with Crippen LogP contribution in [-0.2, 0) is 6.18 Å². The average molecular weight is 251 g/mol. The predicted octanol–water partition coefficient (Wildman–Crippen LogP) is 3.73. The minimum absolute atomic E-state index is 0.250. The van der Waals surface area contributed by atoms with Crippen molar-refractivity contribution >= 4 is 17.4 Å². The van der Waals surface area contributed by atoms with Gasteiger partial charge in [-0.05, 0) is 17.9 Å². The Kier molecular flexibility index (Phi) is 3.79. The maximum Gasteiger partial charge on any atom is 0.416 e. The lowest BCUT2D eigenvalue weighted by molar-refractivity contribution is -0.388. The second-order valence-corrected chi connectivity index (χ2v) is 4.18. The Hall–Kier alpha value is -1.24. The van der Waals surface area contributed by atoms with Crippen LogP contribution in [0.3, 0.4) is 0 Å². The van der Waals surface area contributed by atoms with E-state index in [2.05, 4.69) is 0 Å². The molecule has 0 atom stereocenters. The third kappa shape index (κ3) is 2.88. The Labute approximate surface area is 93.8 Å². The number of alkyl halides is 3. The summed E-state index contributed by atoms with van der Waals surface area (Å²) < 4.78 is 37.0. The summed E-state index contributed by atoms with van der Waals surface area (Å²) in [5.41, 5.74) is -1.50. The molecular weight excluding hydrogens is 243 g/mol. The highest BCUT2D eigenvalue weighted by Crippen LogP contribution is 2.36. The number of nitro benzene ring substituents is 1. The van der Waals surface area contributed by atoms with Crippen LogP contribution in [0.1, 0.15) is 12.5 Å². The number of hydrogen-bond acceptors (Lipinski definition) is 3. The number of hydrogen-bond donors (Lipinski definition) is 0. The van der Waals surface area contributed by atoms with Crippen molar-refractivity contribution in [3.8, 4) is 0 Å². The summed E-state index contributed by atoms with van der Waals surface area (Å²) >= 11 is 1.14. The zero-order valence-corrected chi connectivity index (χ0v) is 9.06. The number of nitrogens with zero attached hydrogens (tertiary/aromatic N) is 1. The van der Waals surface area contributed by atoms with E-state index in [1.54, 1.807) is 6.92 Å². The highest BCUT2D eigenvalue weighted by molar-refractivity contribution is 7.99. The van der Waals surface area contributed by atoms with Crippen LogP contribution in [0, 0.1) is 10.1 Å². The maximum atomic E-state index is 12.3. The van der Waals surface area contributed by atoms with Gasteiger partial charge in [0.05, 0.1) is 15.4 Å². The van der Waals surface area contributed by atoms with Crippen LogP contribution in [0.2, 0.25) is 0 Å². The Morgan fingerprint density at radius 1 is 1.44 bits per heavy atom. The first-order chi connectivity index (χ1) is 7.36. The number of nitro groups is 1. The lowest BCUT2D eigenvalue weighted by Crippen LogP contribution is -2.05. The molecule has 1 aromatic rings. The number of thioether (sulfide) groups is 1. The standard InChI is InChI=1S/C9H8F3NO2S/c1-2-16-8-4-3-6(9(10,11)12)5-7(8)13(14)15/h3-5H,2H2,1H3. The smallest absolute Gasteiger partial charge is 0.258 e. The maximum absolute atomic E-state index is 12.3. The molecule has 0 saturated carbocycles. The van der Waals surface area contributed by atoms with E-state index >= 15 is 0 Å². The van der Waals surface area contributed by atoms with Gasteiger partial charge in [-0.25, -0.2) is 0 Å². The molecular formula is C9H8F3NO2S. The highest BCUT2D eigenvalue weighted by atomic mass is 32.2. The minimum atomic E-state index is -4.56. The van der Waals surface area contributed by atoms with Crippen molar-refractivity contribution in [3.05, 3.63) is 33.9 Å². The van der Waals surface area contributed by atoms with Gasteiger partial charge in [0.2, 0.25) is 0 Å². The SMILES string of the molecule is CCSc1ccc(C(F)(F)F)cc1[N+](=O)[O-]. The fourth-order valence-electron chi connectivity index (χ4n) is 1.11. The number of rotatable bonds is 3. The first kappa shape index (κ1) is 12.8. The van der Waals surface area contributed by atoms with E-state index < -0.39 is 22.4 Å². The quantitative estimate of drug-likeness (QED) is 0.467. The van der Waals surface area contributed by atoms with Crippen LogP contribution in [0.4, 0.5) is 18.9 Å². The Balaban J connectivity index is 3.23. The molecule has 3 nitrogen and oxygen atoms in total. The summed E-state index contributed by atoms with van der Waals surface area (Å²) in [5.74, 6) is 0.562. The van der Waals surface area contributed by atoms with Crippen LogP contribution in [0.15, 0.2) is 23.1 Å². The fraction of sp³-hybridized carbons (Fsp3) is 0.333. The summed E-state index contributed by atoms with van der Waals surface area (Å²) in [4.78, 5) is 10.1. The van der Waals surface area contributed by atoms with Crippen molar-refractivity contribution in [2.45, 2.75) is 18.0 Å². The van der Waals surface area contributed by atoms with E-state index in [-0.39, 0.29) is 4.90 Å². The van der Waals surface area contributed by atoms with E-state index in [0.29, 0.717) is 11.8 Å². The molecule has 0 aliphatic carbocycles. The van der Waals surface area contributed by atoms with Gasteiger partial charge in [0.15, 0.2) is 0 Å². The molecule has 0 N–H and O–H groups in total. The van der Waals surface area contributed by atoms with Crippen LogP contribution in [0.25, 0.3) is 0 Å². The molecule has 0 saturated heterocycles. The Morgan fingerprint density at radius 2 is 2.06 bits per heavy atom. The van der Waals surface area contributed by atoms with Crippen molar-refractivity contribution in [2.75, 3.05) is 5.75 Å². The van der Waals surface area contributed by atoms with E-state index in [0.717, 1.165) is 23.9 Å². The summed E-state index contributed by atoms with van der Waals surface area (Å²) in [7, 11) is 0. The lowest BCUT2D eigenvalue weighted by atomic mass is 10.2. The molecule has 0 unspecified atom stereocenters. The van der Waals surface area contributed by atoms with Gasteiger partial charge >= 0.3 is 6.18 Å². The summed E-state index contributed by atoms with van der Waals surface area (Å²) in [6.45, 7) is 1.77. The van der Waals surface area contributed by atoms with Gasteiger partial charge in [0, 0.05) is 6.07 Å². The zero-order chi connectivity index (χ0) is 12.3. The van der Waals surface area contributed by atoms with Gasteiger partial charge in [0.1, 0.15) is 0 Å². The number of benzene rings is 1. The van der Waals surface area contributed by atoms with E-state index in [9.17, 15) is 23.3 Å². The molecule has 1 aromatic carbocycles. The van der Waals surface area contributed by atoms with Crippen LogP contribution in [-0.4, -0.2) is 10.7 Å². The fourth-order valence-corrected chi connectivity index (χ4v) is 1.87. The highest BCUT2D eigenvalue weighted by Gasteiger charge is 2.32. The third-order valence-electron chi connectivity index (χ3n) is 1.78. The van der Waals surface area contributed by atoms with Crippen LogP contribution >= 0.6 is 11.8 Å². The van der Waals surface area contributed by atoms with Crippen molar-refractivity contribution in [3.63, 3.8) is 0 Å². The Bertz CT molecular complexity index is 406. The molecule has 0 spiro atoms. The molecule has 0 bridgehead atoms. The first-order valence-corrected chi connectivity index (χ1v) is 5.33. The van der Waals surface area contributed by atoms with Gasteiger partial charge in [-0.1, -0.05) is 6.92 Å². The van der Waals surface area contributed by atoms with E-state index in [1.165, 1.54) is 0 Å². The van der Waals surface area contributed by atoms with E-state index in [4.69, 9.17) is 0 Å². The van der Waals surface area contributed by atoms with Gasteiger partial charge in [-0.2, -0.15) is 13.2 Å². The predicted molar refractivity (Wildman–Crippen MR) is 54.5 cm³/mol. The molecule has 7 heteroatoms. The molecule has 0 aromatic heterocycles. The number of halogens is 3. The summed E-state index contributed by atoms with van der Waals surface area (Å²) in [5, 5.41) is 10.6. The molecule has 1 rings (SSSR count). The molecule has 0 fully saturated rings. The van der Waals surface area contributed by atoms with Crippen molar-refractivity contribution in [1.29, 1.82) is 0 Å². The summed E-state index contributed by atoms with van der Waals surface area (Å²) in [6.07, 6.45) is -4.56. The molecule has 0 heterocycles. The zero-order valence-electron chi connectivity index (χ0n) is 8.25. The third-order valence-corrected chi connectivity index (χ3v) is 2.73. The lowest BCUT2D eigenvalue weighted by Gasteiger charge is -2.07. The van der Waals surface area contributed by atoms with Gasteiger partial charge < -0.3 is 0 Å². The summed E-state index contributed by atoms with van der Waals surface area (Å²) in [6, 6.07) is 2.55. The minimum Gasteiger partial charge on any atom is -0.258 e. The molecule has 16 heavy (non-hydrogen) atoms. The topological polar surface area (TPSA) is 43.1 Å². The van der Waals surface area contributed by atoms with Crippen molar-refractivity contribution < 1.29 is 18.1 Å². The van der Waals surface area contributed by atoms with Gasteiger partial charge in [0.25, 0.3) is 5.69 Å². The van der Waals surface area contributed by atoms with Gasteiger partial charge in [-0.3, -0.25) is 10.1 Å². The molecule has 88 valence electrons. The second-order valence-electron chi connectivity index (χ2n) is 2.87. The van der Waals surface area contributed by atoms with E-state index in [1.807, 2.05) is 0 Å². The molecule has 0 aliphatic rings. The normalized spacial score (nSPS) is 11.5.